The third-order valence-electron chi connectivity index (χ3n) is 3.28. The molecule has 18 heavy (non-hydrogen) atoms. The lowest BCUT2D eigenvalue weighted by Gasteiger charge is -2.31. The summed E-state index contributed by atoms with van der Waals surface area (Å²) in [5.74, 6) is -0.761. The molecule has 2 N–H and O–H groups in total. The Bertz CT molecular complexity index is 244. The van der Waals surface area contributed by atoms with Gasteiger partial charge in [0.15, 0.2) is 0 Å². The van der Waals surface area contributed by atoms with Crippen LogP contribution in [0.2, 0.25) is 0 Å². The number of nitrogens with zero attached hydrogens (tertiary/aromatic N) is 1. The van der Waals surface area contributed by atoms with Gasteiger partial charge in [-0.25, -0.2) is 0 Å². The molecule has 0 aliphatic heterocycles. The Morgan fingerprint density at radius 3 is 2.33 bits per heavy atom. The Hall–Kier alpha value is -0.610. The lowest BCUT2D eigenvalue weighted by atomic mass is 9.96. The van der Waals surface area contributed by atoms with Gasteiger partial charge in [0.25, 0.3) is 0 Å². The Morgan fingerprint density at radius 1 is 1.33 bits per heavy atom. The molecule has 4 nitrogen and oxygen atoms in total. The van der Waals surface area contributed by atoms with Crippen molar-refractivity contribution >= 4 is 5.97 Å². The van der Waals surface area contributed by atoms with Crippen molar-refractivity contribution < 1.29 is 9.90 Å². The predicted octanol–water partition coefficient (Wildman–Crippen LogP) is 2.34. The normalized spacial score (nSPS) is 15.1. The quantitative estimate of drug-likeness (QED) is 0.631. The fourth-order valence-electron chi connectivity index (χ4n) is 2.07. The standard InChI is InChI=1S/C14H30N2O2/c1-6-8-10-16(7-2)11-9-14(5,13(17)18)15-12(3)4/h12,15H,6-11H2,1-5H3,(H,17,18). The second kappa shape index (κ2) is 8.48. The molecule has 0 spiro atoms. The first kappa shape index (κ1) is 17.4. The summed E-state index contributed by atoms with van der Waals surface area (Å²) < 4.78 is 0. The van der Waals surface area contributed by atoms with Crippen molar-refractivity contribution in [2.45, 2.75) is 65.5 Å². The van der Waals surface area contributed by atoms with Gasteiger partial charge in [0, 0.05) is 12.6 Å². The minimum Gasteiger partial charge on any atom is -0.480 e. The van der Waals surface area contributed by atoms with Crippen LogP contribution < -0.4 is 5.32 Å². The van der Waals surface area contributed by atoms with Crippen molar-refractivity contribution in [2.75, 3.05) is 19.6 Å². The molecule has 0 fully saturated rings. The maximum Gasteiger partial charge on any atom is 0.323 e. The zero-order chi connectivity index (χ0) is 14.2. The third-order valence-corrected chi connectivity index (χ3v) is 3.28. The predicted molar refractivity (Wildman–Crippen MR) is 76.0 cm³/mol. The Kier molecular flexibility index (Phi) is 8.20. The molecule has 0 saturated heterocycles. The van der Waals surface area contributed by atoms with E-state index in [4.69, 9.17) is 0 Å². The van der Waals surface area contributed by atoms with Gasteiger partial charge in [-0.15, -0.1) is 0 Å². The summed E-state index contributed by atoms with van der Waals surface area (Å²) in [6.45, 7) is 12.9. The molecule has 108 valence electrons. The van der Waals surface area contributed by atoms with Gasteiger partial charge in [-0.2, -0.15) is 0 Å². The average molecular weight is 258 g/mol. The molecule has 0 aliphatic carbocycles. The second-order valence-corrected chi connectivity index (χ2v) is 5.47. The van der Waals surface area contributed by atoms with Crippen LogP contribution in [0, 0.1) is 0 Å². The van der Waals surface area contributed by atoms with Crippen molar-refractivity contribution in [2.24, 2.45) is 0 Å². The number of rotatable bonds is 10. The lowest BCUT2D eigenvalue weighted by Crippen LogP contribution is -2.54. The van der Waals surface area contributed by atoms with Gasteiger partial charge in [0.05, 0.1) is 0 Å². The fraction of sp³-hybridized carbons (Fsp3) is 0.929. The number of carboxylic acid groups (broad SMARTS) is 1. The van der Waals surface area contributed by atoms with Gasteiger partial charge >= 0.3 is 5.97 Å². The molecule has 0 aromatic heterocycles. The van der Waals surface area contributed by atoms with Gasteiger partial charge < -0.3 is 10.0 Å². The summed E-state index contributed by atoms with van der Waals surface area (Å²) in [6, 6.07) is 0.178. The Morgan fingerprint density at radius 2 is 1.94 bits per heavy atom. The minimum atomic E-state index is -0.826. The van der Waals surface area contributed by atoms with Gasteiger partial charge in [-0.3, -0.25) is 10.1 Å². The number of unbranched alkanes of at least 4 members (excludes halogenated alkanes) is 1. The molecule has 0 saturated carbocycles. The molecule has 0 radical (unpaired) electrons. The molecule has 0 bridgehead atoms. The number of hydrogen-bond donors (Lipinski definition) is 2. The van der Waals surface area contributed by atoms with Crippen LogP contribution in [0.5, 0.6) is 0 Å². The number of carbonyl (C=O) groups is 1. The minimum absolute atomic E-state index is 0.178. The van der Waals surface area contributed by atoms with Crippen molar-refractivity contribution in [3.05, 3.63) is 0 Å². The number of aliphatic carboxylic acids is 1. The maximum absolute atomic E-state index is 11.4. The first-order valence-electron chi connectivity index (χ1n) is 7.09. The highest BCUT2D eigenvalue weighted by atomic mass is 16.4. The number of carboxylic acids is 1. The van der Waals surface area contributed by atoms with E-state index in [0.29, 0.717) is 6.42 Å². The van der Waals surface area contributed by atoms with E-state index < -0.39 is 11.5 Å². The monoisotopic (exact) mass is 258 g/mol. The molecule has 4 heteroatoms. The fourth-order valence-corrected chi connectivity index (χ4v) is 2.07. The largest absolute Gasteiger partial charge is 0.480 e. The molecule has 1 unspecified atom stereocenters. The summed E-state index contributed by atoms with van der Waals surface area (Å²) in [5.41, 5.74) is -0.826. The molecule has 0 aliphatic rings. The van der Waals surface area contributed by atoms with E-state index >= 15 is 0 Å². The van der Waals surface area contributed by atoms with Crippen LogP contribution in [0.1, 0.15) is 53.9 Å². The summed E-state index contributed by atoms with van der Waals surface area (Å²) in [5, 5.41) is 12.5. The number of hydrogen-bond acceptors (Lipinski definition) is 3. The molecule has 0 amide bonds. The summed E-state index contributed by atoms with van der Waals surface area (Å²) >= 11 is 0. The molecule has 0 rings (SSSR count). The van der Waals surface area contributed by atoms with Crippen molar-refractivity contribution in [1.29, 1.82) is 0 Å². The Labute approximate surface area is 112 Å². The van der Waals surface area contributed by atoms with E-state index in [-0.39, 0.29) is 6.04 Å². The van der Waals surface area contributed by atoms with Crippen molar-refractivity contribution in [3.8, 4) is 0 Å². The van der Waals surface area contributed by atoms with Gasteiger partial charge in [0.2, 0.25) is 0 Å². The summed E-state index contributed by atoms with van der Waals surface area (Å²) in [4.78, 5) is 13.7. The van der Waals surface area contributed by atoms with Crippen LogP contribution in [0.25, 0.3) is 0 Å². The average Bonchev–Trinajstić information content (AvgIpc) is 2.28. The summed E-state index contributed by atoms with van der Waals surface area (Å²) in [6.07, 6.45) is 2.99. The van der Waals surface area contributed by atoms with E-state index in [9.17, 15) is 9.90 Å². The van der Waals surface area contributed by atoms with E-state index in [2.05, 4.69) is 24.1 Å². The molecule has 1 atom stereocenters. The topological polar surface area (TPSA) is 52.6 Å². The third kappa shape index (κ3) is 6.36. The molecule has 0 aromatic rings. The molecular formula is C14H30N2O2. The first-order chi connectivity index (χ1) is 8.35. The van der Waals surface area contributed by atoms with Crippen LogP contribution in [0.4, 0.5) is 0 Å². The van der Waals surface area contributed by atoms with E-state index in [1.165, 1.54) is 12.8 Å². The zero-order valence-electron chi connectivity index (χ0n) is 12.6. The van der Waals surface area contributed by atoms with Gasteiger partial charge in [0.1, 0.15) is 5.54 Å². The Balaban J connectivity index is 4.36. The van der Waals surface area contributed by atoms with E-state index in [1.54, 1.807) is 6.92 Å². The van der Waals surface area contributed by atoms with Crippen molar-refractivity contribution in [1.82, 2.24) is 10.2 Å². The molecule has 0 aromatic carbocycles. The van der Waals surface area contributed by atoms with E-state index in [1.807, 2.05) is 13.8 Å². The van der Waals surface area contributed by atoms with Crippen LogP contribution in [-0.4, -0.2) is 47.2 Å². The molecular weight excluding hydrogens is 228 g/mol. The highest BCUT2D eigenvalue weighted by Gasteiger charge is 2.33. The SMILES string of the molecule is CCCCN(CC)CCC(C)(NC(C)C)C(=O)O. The van der Waals surface area contributed by atoms with E-state index in [0.717, 1.165) is 19.6 Å². The molecule has 0 heterocycles. The zero-order valence-corrected chi connectivity index (χ0v) is 12.6. The van der Waals surface area contributed by atoms with Crippen LogP contribution in [-0.2, 0) is 4.79 Å². The number of nitrogens with one attached hydrogen (secondary N) is 1. The van der Waals surface area contributed by atoms with Gasteiger partial charge in [-0.1, -0.05) is 20.3 Å². The first-order valence-corrected chi connectivity index (χ1v) is 7.09. The second-order valence-electron chi connectivity index (χ2n) is 5.47. The summed E-state index contributed by atoms with van der Waals surface area (Å²) in [7, 11) is 0. The van der Waals surface area contributed by atoms with Crippen LogP contribution in [0.3, 0.4) is 0 Å². The van der Waals surface area contributed by atoms with Gasteiger partial charge in [-0.05, 0) is 46.7 Å². The highest BCUT2D eigenvalue weighted by Crippen LogP contribution is 2.13. The van der Waals surface area contributed by atoms with Crippen molar-refractivity contribution in [3.63, 3.8) is 0 Å². The lowest BCUT2D eigenvalue weighted by molar-refractivity contribution is -0.145. The van der Waals surface area contributed by atoms with Crippen LogP contribution in [0.15, 0.2) is 0 Å². The smallest absolute Gasteiger partial charge is 0.323 e. The highest BCUT2D eigenvalue weighted by molar-refractivity contribution is 5.78. The van der Waals surface area contributed by atoms with Crippen LogP contribution >= 0.6 is 0 Å². The maximum atomic E-state index is 11.4.